The summed E-state index contributed by atoms with van der Waals surface area (Å²) in [5.74, 6) is -1.77. The molecule has 0 radical (unpaired) electrons. The lowest BCUT2D eigenvalue weighted by Gasteiger charge is -2.31. The first-order chi connectivity index (χ1) is 17.5. The Kier molecular flexibility index (Phi) is 7.96. The van der Waals surface area contributed by atoms with Crippen molar-refractivity contribution in [3.05, 3.63) is 95.6 Å². The second kappa shape index (κ2) is 11.5. The summed E-state index contributed by atoms with van der Waals surface area (Å²) < 4.78 is 33.7. The fraction of sp³-hybridized carbons (Fsp3) is 0.231. The van der Waals surface area contributed by atoms with Crippen molar-refractivity contribution in [2.45, 2.75) is 19.1 Å². The lowest BCUT2D eigenvalue weighted by molar-refractivity contribution is -0.142. The van der Waals surface area contributed by atoms with Crippen LogP contribution in [0.25, 0.3) is 11.0 Å². The molecule has 4 aromatic rings. The maximum Gasteiger partial charge on any atom is 0.247 e. The highest BCUT2D eigenvalue weighted by molar-refractivity contribution is 5.89. The number of carbonyl (C=O) groups is 2. The molecule has 0 bridgehead atoms. The lowest BCUT2D eigenvalue weighted by atomic mass is 10.0. The monoisotopic (exact) mass is 493 g/mol. The number of fused-ring (bicyclic) bond motifs is 1. The Morgan fingerprint density at radius 3 is 2.36 bits per heavy atom. The molecule has 0 fully saturated rings. The third-order valence-corrected chi connectivity index (χ3v) is 5.64. The van der Waals surface area contributed by atoms with Crippen LogP contribution in [0.4, 0.5) is 8.78 Å². The Bertz CT molecular complexity index is 1330. The Morgan fingerprint density at radius 2 is 1.67 bits per heavy atom. The van der Waals surface area contributed by atoms with Crippen molar-refractivity contribution in [2.24, 2.45) is 0 Å². The highest BCUT2D eigenvalue weighted by Gasteiger charge is 2.32. The Morgan fingerprint density at radius 1 is 1.00 bits per heavy atom. The number of ether oxygens (including phenoxy) is 1. The normalized spacial score (nSPS) is 11.9. The van der Waals surface area contributed by atoms with Gasteiger partial charge in [-0.25, -0.2) is 13.5 Å². The molecule has 1 atom stereocenters. The molecular formula is C26H25F2N5O3. The second-order valence-electron chi connectivity index (χ2n) is 8.12. The van der Waals surface area contributed by atoms with Crippen molar-refractivity contribution in [1.29, 1.82) is 0 Å². The van der Waals surface area contributed by atoms with Gasteiger partial charge < -0.3 is 15.0 Å². The van der Waals surface area contributed by atoms with E-state index < -0.39 is 29.5 Å². The molecule has 2 amide bonds. The SMILES string of the molecule is COCCNC(=O)[C@@H](c1ccc(F)cc1)N(Cc1ccc(F)cc1)C(=O)Cn1nnc2ccccc21. The van der Waals surface area contributed by atoms with Gasteiger partial charge in [-0.1, -0.05) is 41.6 Å². The van der Waals surface area contributed by atoms with E-state index in [4.69, 9.17) is 4.74 Å². The molecule has 0 aliphatic heterocycles. The fourth-order valence-corrected chi connectivity index (χ4v) is 3.85. The average Bonchev–Trinajstić information content (AvgIpc) is 3.29. The number of nitrogens with zero attached hydrogens (tertiary/aromatic N) is 4. The number of methoxy groups -OCH3 is 1. The number of rotatable bonds is 10. The van der Waals surface area contributed by atoms with Gasteiger partial charge in [-0.3, -0.25) is 9.59 Å². The summed E-state index contributed by atoms with van der Waals surface area (Å²) in [6.07, 6.45) is 0. The molecule has 0 saturated heterocycles. The number of amides is 2. The number of para-hydroxylation sites is 1. The smallest absolute Gasteiger partial charge is 0.247 e. The minimum Gasteiger partial charge on any atom is -0.383 e. The van der Waals surface area contributed by atoms with E-state index in [-0.39, 0.29) is 26.2 Å². The van der Waals surface area contributed by atoms with Crippen LogP contribution in [0.5, 0.6) is 0 Å². The summed E-state index contributed by atoms with van der Waals surface area (Å²) in [5.41, 5.74) is 2.33. The highest BCUT2D eigenvalue weighted by Crippen LogP contribution is 2.25. The minimum atomic E-state index is -1.09. The van der Waals surface area contributed by atoms with E-state index in [1.807, 2.05) is 12.1 Å². The van der Waals surface area contributed by atoms with Gasteiger partial charge in [-0.05, 0) is 47.5 Å². The van der Waals surface area contributed by atoms with Gasteiger partial charge in [0.15, 0.2) is 0 Å². The van der Waals surface area contributed by atoms with Gasteiger partial charge in [-0.2, -0.15) is 0 Å². The molecule has 0 unspecified atom stereocenters. The predicted molar refractivity (Wildman–Crippen MR) is 129 cm³/mol. The maximum atomic E-state index is 13.7. The molecule has 0 aliphatic carbocycles. The number of hydrogen-bond acceptors (Lipinski definition) is 5. The predicted octanol–water partition coefficient (Wildman–Crippen LogP) is 3.24. The number of aromatic nitrogens is 3. The van der Waals surface area contributed by atoms with Crippen LogP contribution in [0.2, 0.25) is 0 Å². The molecule has 0 spiro atoms. The number of halogens is 2. The Balaban J connectivity index is 1.72. The van der Waals surface area contributed by atoms with Crippen molar-refractivity contribution < 1.29 is 23.1 Å². The van der Waals surface area contributed by atoms with Crippen molar-refractivity contribution in [3.8, 4) is 0 Å². The summed E-state index contributed by atoms with van der Waals surface area (Å²) in [6, 6.07) is 17.2. The topological polar surface area (TPSA) is 89.4 Å². The summed E-state index contributed by atoms with van der Waals surface area (Å²) in [4.78, 5) is 28.5. The molecule has 0 saturated carbocycles. The van der Waals surface area contributed by atoms with E-state index in [0.717, 1.165) is 0 Å². The molecule has 1 heterocycles. The van der Waals surface area contributed by atoms with Gasteiger partial charge in [0.25, 0.3) is 0 Å². The molecule has 10 heteroatoms. The van der Waals surface area contributed by atoms with Gasteiger partial charge in [0.1, 0.15) is 29.7 Å². The van der Waals surface area contributed by atoms with Crippen LogP contribution < -0.4 is 5.32 Å². The molecule has 1 N–H and O–H groups in total. The van der Waals surface area contributed by atoms with E-state index in [2.05, 4.69) is 15.6 Å². The Hall–Kier alpha value is -4.18. The maximum absolute atomic E-state index is 13.7. The van der Waals surface area contributed by atoms with Gasteiger partial charge >= 0.3 is 0 Å². The highest BCUT2D eigenvalue weighted by atomic mass is 19.1. The first-order valence-corrected chi connectivity index (χ1v) is 11.3. The minimum absolute atomic E-state index is 0.00544. The number of benzene rings is 3. The van der Waals surface area contributed by atoms with Crippen molar-refractivity contribution in [3.63, 3.8) is 0 Å². The zero-order chi connectivity index (χ0) is 25.5. The largest absolute Gasteiger partial charge is 0.383 e. The molecule has 0 aliphatic rings. The van der Waals surface area contributed by atoms with Gasteiger partial charge in [0, 0.05) is 20.2 Å². The average molecular weight is 494 g/mol. The molecule has 36 heavy (non-hydrogen) atoms. The van der Waals surface area contributed by atoms with E-state index >= 15 is 0 Å². The van der Waals surface area contributed by atoms with Crippen LogP contribution in [0.15, 0.2) is 72.8 Å². The molecule has 4 rings (SSSR count). The van der Waals surface area contributed by atoms with Crippen molar-refractivity contribution in [1.82, 2.24) is 25.2 Å². The van der Waals surface area contributed by atoms with E-state index in [9.17, 15) is 18.4 Å². The summed E-state index contributed by atoms with van der Waals surface area (Å²) >= 11 is 0. The quantitative estimate of drug-likeness (QED) is 0.343. The Labute approximate surface area is 206 Å². The summed E-state index contributed by atoms with van der Waals surface area (Å²) in [7, 11) is 1.51. The number of carbonyl (C=O) groups excluding carboxylic acids is 2. The van der Waals surface area contributed by atoms with Gasteiger partial charge in [0.05, 0.1) is 12.1 Å². The van der Waals surface area contributed by atoms with Crippen LogP contribution in [0.3, 0.4) is 0 Å². The third kappa shape index (κ3) is 5.89. The first kappa shape index (κ1) is 24.9. The standard InChI is InChI=1S/C26H25F2N5O3/c1-36-15-14-29-26(35)25(19-8-12-21(28)13-9-19)32(16-18-6-10-20(27)11-7-18)24(34)17-33-23-5-3-2-4-22(23)30-31-33/h2-13,25H,14-17H2,1H3,(H,29,35)/t25-/m1/s1. The molecular weight excluding hydrogens is 468 g/mol. The van der Waals surface area contributed by atoms with Crippen LogP contribution in [0, 0.1) is 11.6 Å². The van der Waals surface area contributed by atoms with Crippen LogP contribution >= 0.6 is 0 Å². The molecule has 3 aromatic carbocycles. The number of hydrogen-bond donors (Lipinski definition) is 1. The second-order valence-corrected chi connectivity index (χ2v) is 8.12. The van der Waals surface area contributed by atoms with E-state index in [1.165, 1.54) is 53.1 Å². The summed E-state index contributed by atoms with van der Waals surface area (Å²) in [6.45, 7) is 0.314. The molecule has 1 aromatic heterocycles. The first-order valence-electron chi connectivity index (χ1n) is 11.3. The summed E-state index contributed by atoms with van der Waals surface area (Å²) in [5, 5.41) is 10.9. The van der Waals surface area contributed by atoms with E-state index in [0.29, 0.717) is 22.2 Å². The lowest BCUT2D eigenvalue weighted by Crippen LogP contribution is -2.45. The molecule has 8 nitrogen and oxygen atoms in total. The molecule has 186 valence electrons. The van der Waals surface area contributed by atoms with Crippen molar-refractivity contribution in [2.75, 3.05) is 20.3 Å². The third-order valence-electron chi connectivity index (χ3n) is 5.64. The number of nitrogens with one attached hydrogen (secondary N) is 1. The zero-order valence-electron chi connectivity index (χ0n) is 19.6. The van der Waals surface area contributed by atoms with Crippen LogP contribution in [-0.4, -0.2) is 52.0 Å². The van der Waals surface area contributed by atoms with Crippen molar-refractivity contribution >= 4 is 22.8 Å². The zero-order valence-corrected chi connectivity index (χ0v) is 19.6. The van der Waals surface area contributed by atoms with Gasteiger partial charge in [-0.15, -0.1) is 5.10 Å². The van der Waals surface area contributed by atoms with E-state index in [1.54, 1.807) is 24.3 Å². The van der Waals surface area contributed by atoms with Crippen LogP contribution in [-0.2, 0) is 27.4 Å². The van der Waals surface area contributed by atoms with Gasteiger partial charge in [0.2, 0.25) is 11.8 Å². The fourth-order valence-electron chi connectivity index (χ4n) is 3.85. The van der Waals surface area contributed by atoms with Crippen LogP contribution in [0.1, 0.15) is 17.2 Å².